The molecule has 1 aliphatic rings. The summed E-state index contributed by atoms with van der Waals surface area (Å²) >= 11 is 0. The first-order valence-electron chi connectivity index (χ1n) is 8.80. The van der Waals surface area contributed by atoms with E-state index in [9.17, 15) is 9.59 Å². The quantitative estimate of drug-likeness (QED) is 0.696. The zero-order valence-corrected chi connectivity index (χ0v) is 14.7. The molecule has 1 heterocycles. The van der Waals surface area contributed by atoms with Crippen LogP contribution in [-0.2, 0) is 9.53 Å². The number of benzene rings is 2. The van der Waals surface area contributed by atoms with Gasteiger partial charge in [0.2, 0.25) is 5.91 Å². The molecule has 1 aliphatic heterocycles. The van der Waals surface area contributed by atoms with Crippen molar-refractivity contribution in [3.05, 3.63) is 65.7 Å². The summed E-state index contributed by atoms with van der Waals surface area (Å²) in [5, 5.41) is 9.45. The summed E-state index contributed by atoms with van der Waals surface area (Å²) < 4.78 is 5.16. The Morgan fingerprint density at radius 3 is 2.77 bits per heavy atom. The molecular formula is C20H23N3O3. The molecule has 2 unspecified atom stereocenters. The smallest absolute Gasteiger partial charge is 0.338 e. The van der Waals surface area contributed by atoms with Crippen LogP contribution in [0.4, 0.5) is 5.69 Å². The Bertz CT molecular complexity index is 764. The van der Waals surface area contributed by atoms with Crippen molar-refractivity contribution in [2.75, 3.05) is 11.9 Å². The van der Waals surface area contributed by atoms with Crippen LogP contribution in [0.5, 0.6) is 0 Å². The molecule has 0 radical (unpaired) electrons. The van der Waals surface area contributed by atoms with Gasteiger partial charge in [-0.1, -0.05) is 43.3 Å². The fraction of sp³-hybridized carbons (Fsp3) is 0.300. The Labute approximate surface area is 152 Å². The number of hydrogen-bond donors (Lipinski definition) is 3. The summed E-state index contributed by atoms with van der Waals surface area (Å²) in [7, 11) is 0. The van der Waals surface area contributed by atoms with Gasteiger partial charge in [0, 0.05) is 18.2 Å². The Kier molecular flexibility index (Phi) is 5.86. The van der Waals surface area contributed by atoms with Gasteiger partial charge in [-0.15, -0.1) is 0 Å². The summed E-state index contributed by atoms with van der Waals surface area (Å²) in [5.41, 5.74) is 2.26. The van der Waals surface area contributed by atoms with Crippen LogP contribution in [0.1, 0.15) is 41.7 Å². The number of anilines is 1. The Morgan fingerprint density at radius 2 is 2.00 bits per heavy atom. The SMILES string of the molecule is CCCOC(=O)c1cccc(NC2NC(=O)CC(c3ccccc3)N2)c1. The second-order valence-corrected chi connectivity index (χ2v) is 6.20. The van der Waals surface area contributed by atoms with Crippen LogP contribution >= 0.6 is 0 Å². The zero-order valence-electron chi connectivity index (χ0n) is 14.7. The van der Waals surface area contributed by atoms with E-state index in [1.54, 1.807) is 18.2 Å². The van der Waals surface area contributed by atoms with Crippen LogP contribution in [0.2, 0.25) is 0 Å². The minimum atomic E-state index is -0.427. The maximum atomic E-state index is 12.1. The third kappa shape index (κ3) is 4.61. The molecule has 0 spiro atoms. The first-order valence-corrected chi connectivity index (χ1v) is 8.80. The van der Waals surface area contributed by atoms with Crippen molar-refractivity contribution in [2.24, 2.45) is 0 Å². The number of rotatable bonds is 6. The predicted octanol–water partition coefficient (Wildman–Crippen LogP) is 2.80. The van der Waals surface area contributed by atoms with Gasteiger partial charge in [-0.3, -0.25) is 10.1 Å². The number of ether oxygens (including phenoxy) is 1. The molecule has 3 rings (SSSR count). The maximum Gasteiger partial charge on any atom is 0.338 e. The first-order chi connectivity index (χ1) is 12.7. The number of amides is 1. The minimum Gasteiger partial charge on any atom is -0.462 e. The molecule has 2 aromatic carbocycles. The first kappa shape index (κ1) is 17.9. The summed E-state index contributed by atoms with van der Waals surface area (Å²) in [6, 6.07) is 16.8. The van der Waals surface area contributed by atoms with Crippen LogP contribution in [0, 0.1) is 0 Å². The average Bonchev–Trinajstić information content (AvgIpc) is 2.66. The second-order valence-electron chi connectivity index (χ2n) is 6.20. The van der Waals surface area contributed by atoms with Gasteiger partial charge in [0.1, 0.15) is 0 Å². The largest absolute Gasteiger partial charge is 0.462 e. The molecule has 0 bridgehead atoms. The van der Waals surface area contributed by atoms with Gasteiger partial charge in [0.05, 0.1) is 12.2 Å². The van der Waals surface area contributed by atoms with Crippen LogP contribution in [0.25, 0.3) is 0 Å². The highest BCUT2D eigenvalue weighted by Crippen LogP contribution is 2.21. The van der Waals surface area contributed by atoms with E-state index in [1.807, 2.05) is 43.3 Å². The van der Waals surface area contributed by atoms with Gasteiger partial charge >= 0.3 is 5.97 Å². The summed E-state index contributed by atoms with van der Waals surface area (Å²) in [6.45, 7) is 2.35. The molecule has 2 aromatic rings. The van der Waals surface area contributed by atoms with Gasteiger partial charge < -0.3 is 15.4 Å². The van der Waals surface area contributed by atoms with Crippen LogP contribution in [0.3, 0.4) is 0 Å². The van der Waals surface area contributed by atoms with E-state index in [0.29, 0.717) is 18.6 Å². The Hall–Kier alpha value is -2.86. The van der Waals surface area contributed by atoms with Gasteiger partial charge in [0.15, 0.2) is 6.29 Å². The van der Waals surface area contributed by atoms with Gasteiger partial charge in [0.25, 0.3) is 0 Å². The Morgan fingerprint density at radius 1 is 1.19 bits per heavy atom. The number of carbonyl (C=O) groups is 2. The van der Waals surface area contributed by atoms with Gasteiger partial charge in [-0.25, -0.2) is 4.79 Å². The summed E-state index contributed by atoms with van der Waals surface area (Å²) in [5.74, 6) is -0.382. The van der Waals surface area contributed by atoms with Gasteiger partial charge in [-0.2, -0.15) is 0 Å². The lowest BCUT2D eigenvalue weighted by Crippen LogP contribution is -2.56. The molecule has 2 atom stereocenters. The number of hydrogen-bond acceptors (Lipinski definition) is 5. The molecule has 26 heavy (non-hydrogen) atoms. The lowest BCUT2D eigenvalue weighted by Gasteiger charge is -2.32. The van der Waals surface area contributed by atoms with Crippen molar-refractivity contribution in [1.29, 1.82) is 0 Å². The monoisotopic (exact) mass is 353 g/mol. The highest BCUT2D eigenvalue weighted by atomic mass is 16.5. The fourth-order valence-corrected chi connectivity index (χ4v) is 2.86. The van der Waals surface area contributed by atoms with Gasteiger partial charge in [-0.05, 0) is 30.2 Å². The van der Waals surface area contributed by atoms with Crippen LogP contribution in [0.15, 0.2) is 54.6 Å². The molecule has 0 saturated carbocycles. The molecule has 6 nitrogen and oxygen atoms in total. The van der Waals surface area contributed by atoms with E-state index in [-0.39, 0.29) is 17.9 Å². The van der Waals surface area contributed by atoms with Crippen molar-refractivity contribution >= 4 is 17.6 Å². The van der Waals surface area contributed by atoms with E-state index >= 15 is 0 Å². The Balaban J connectivity index is 1.68. The van der Waals surface area contributed by atoms with Crippen LogP contribution in [-0.4, -0.2) is 24.8 Å². The molecule has 0 aromatic heterocycles. The highest BCUT2D eigenvalue weighted by molar-refractivity contribution is 5.90. The molecular weight excluding hydrogens is 330 g/mol. The maximum absolute atomic E-state index is 12.1. The third-order valence-electron chi connectivity index (χ3n) is 4.11. The van der Waals surface area contributed by atoms with E-state index in [0.717, 1.165) is 17.7 Å². The molecule has 1 saturated heterocycles. The topological polar surface area (TPSA) is 79.5 Å². The van der Waals surface area contributed by atoms with Crippen molar-refractivity contribution in [1.82, 2.24) is 10.6 Å². The molecule has 136 valence electrons. The van der Waals surface area contributed by atoms with E-state index < -0.39 is 6.29 Å². The molecule has 1 amide bonds. The second kappa shape index (κ2) is 8.49. The minimum absolute atomic E-state index is 0.0337. The molecule has 3 N–H and O–H groups in total. The standard InChI is InChI=1S/C20H23N3O3/c1-2-11-26-19(25)15-9-6-10-16(12-15)21-20-22-17(13-18(24)23-20)14-7-4-3-5-8-14/h3-10,12,17,20-22H,2,11,13H2,1H3,(H,23,24). The number of esters is 1. The van der Waals surface area contributed by atoms with Crippen LogP contribution < -0.4 is 16.0 Å². The lowest BCUT2D eigenvalue weighted by atomic mass is 10.0. The zero-order chi connectivity index (χ0) is 18.4. The molecule has 6 heteroatoms. The average molecular weight is 353 g/mol. The number of carbonyl (C=O) groups excluding carboxylic acids is 2. The summed E-state index contributed by atoms with van der Waals surface area (Å²) in [6.07, 6.45) is 0.733. The van der Waals surface area contributed by atoms with Crippen molar-refractivity contribution in [3.63, 3.8) is 0 Å². The number of nitrogens with one attached hydrogen (secondary N) is 3. The van der Waals surface area contributed by atoms with E-state index in [1.165, 1.54) is 0 Å². The molecule has 0 aliphatic carbocycles. The van der Waals surface area contributed by atoms with Crippen molar-refractivity contribution in [2.45, 2.75) is 32.1 Å². The third-order valence-corrected chi connectivity index (χ3v) is 4.11. The van der Waals surface area contributed by atoms with Crippen molar-refractivity contribution < 1.29 is 14.3 Å². The van der Waals surface area contributed by atoms with E-state index in [2.05, 4.69) is 16.0 Å². The highest BCUT2D eigenvalue weighted by Gasteiger charge is 2.26. The molecule has 1 fully saturated rings. The van der Waals surface area contributed by atoms with Crippen molar-refractivity contribution in [3.8, 4) is 0 Å². The van der Waals surface area contributed by atoms with E-state index in [4.69, 9.17) is 4.74 Å². The summed E-state index contributed by atoms with van der Waals surface area (Å²) in [4.78, 5) is 24.1. The normalized spacial score (nSPS) is 19.5. The predicted molar refractivity (Wildman–Crippen MR) is 99.5 cm³/mol. The fourth-order valence-electron chi connectivity index (χ4n) is 2.86. The lowest BCUT2D eigenvalue weighted by molar-refractivity contribution is -0.124.